The summed E-state index contributed by atoms with van der Waals surface area (Å²) in [6, 6.07) is 14.2. The molecule has 0 atom stereocenters. The van der Waals surface area contributed by atoms with Crippen molar-refractivity contribution in [3.8, 4) is 0 Å². The Balaban J connectivity index is 1.61. The fourth-order valence-corrected chi connectivity index (χ4v) is 4.78. The fourth-order valence-electron chi connectivity index (χ4n) is 3.29. The molecule has 6 heteroatoms. The minimum atomic E-state index is -3.78. The van der Waals surface area contributed by atoms with Crippen molar-refractivity contribution in [3.05, 3.63) is 65.5 Å². The number of rotatable bonds is 4. The molecule has 0 unspecified atom stereocenters. The van der Waals surface area contributed by atoms with Crippen LogP contribution in [0.25, 0.3) is 0 Å². The van der Waals surface area contributed by atoms with Gasteiger partial charge in [-0.25, -0.2) is 12.8 Å². The van der Waals surface area contributed by atoms with Crippen molar-refractivity contribution < 1.29 is 12.8 Å². The predicted octanol–water partition coefficient (Wildman–Crippen LogP) is 3.63. The molecule has 3 rings (SSSR count). The Morgan fingerprint density at radius 3 is 2.07 bits per heavy atom. The van der Waals surface area contributed by atoms with Crippen LogP contribution in [0, 0.1) is 5.82 Å². The molecular weight excluding hydrogens is 363 g/mol. The standard InChI is InChI=1S/C21H27FN2O2S/c1-21(2,3)18-10-8-17(9-11-18)16-23-12-14-24(15-13-23)27(25,26)20-7-5-4-6-19(20)22/h4-11H,12-16H2,1-3H3. The second kappa shape index (κ2) is 7.70. The zero-order valence-corrected chi connectivity index (χ0v) is 17.0. The third-order valence-corrected chi connectivity index (χ3v) is 6.94. The topological polar surface area (TPSA) is 40.6 Å². The molecule has 0 aromatic heterocycles. The quantitative estimate of drug-likeness (QED) is 0.800. The molecule has 0 aliphatic carbocycles. The highest BCUT2D eigenvalue weighted by molar-refractivity contribution is 7.89. The molecule has 0 radical (unpaired) electrons. The van der Waals surface area contributed by atoms with Crippen LogP contribution in [0.4, 0.5) is 4.39 Å². The van der Waals surface area contributed by atoms with Crippen molar-refractivity contribution >= 4 is 10.0 Å². The zero-order valence-electron chi connectivity index (χ0n) is 16.2. The molecule has 1 saturated heterocycles. The van der Waals surface area contributed by atoms with Gasteiger partial charge in [-0.05, 0) is 28.7 Å². The van der Waals surface area contributed by atoms with Crippen LogP contribution in [0.1, 0.15) is 31.9 Å². The van der Waals surface area contributed by atoms with Crippen LogP contribution in [-0.4, -0.2) is 43.8 Å². The van der Waals surface area contributed by atoms with Gasteiger partial charge in [0.2, 0.25) is 10.0 Å². The van der Waals surface area contributed by atoms with Crippen molar-refractivity contribution in [2.45, 2.75) is 37.6 Å². The number of sulfonamides is 1. The van der Waals surface area contributed by atoms with Crippen molar-refractivity contribution in [2.75, 3.05) is 26.2 Å². The van der Waals surface area contributed by atoms with Gasteiger partial charge in [0, 0.05) is 32.7 Å². The Hall–Kier alpha value is -1.76. The smallest absolute Gasteiger partial charge is 0.246 e. The highest BCUT2D eigenvalue weighted by Gasteiger charge is 2.30. The monoisotopic (exact) mass is 390 g/mol. The van der Waals surface area contributed by atoms with E-state index >= 15 is 0 Å². The lowest BCUT2D eigenvalue weighted by molar-refractivity contribution is 0.181. The van der Waals surface area contributed by atoms with E-state index in [4.69, 9.17) is 0 Å². The highest BCUT2D eigenvalue weighted by Crippen LogP contribution is 2.23. The summed E-state index contributed by atoms with van der Waals surface area (Å²) < 4.78 is 40.6. The average molecular weight is 391 g/mol. The highest BCUT2D eigenvalue weighted by atomic mass is 32.2. The molecule has 1 aliphatic heterocycles. The molecule has 0 spiro atoms. The summed E-state index contributed by atoms with van der Waals surface area (Å²) in [7, 11) is -3.78. The molecule has 4 nitrogen and oxygen atoms in total. The molecule has 0 bridgehead atoms. The van der Waals surface area contributed by atoms with Gasteiger partial charge in [-0.3, -0.25) is 4.90 Å². The largest absolute Gasteiger partial charge is 0.296 e. The summed E-state index contributed by atoms with van der Waals surface area (Å²) in [5.41, 5.74) is 2.64. The number of hydrogen-bond acceptors (Lipinski definition) is 3. The van der Waals surface area contributed by atoms with Crippen LogP contribution in [0.2, 0.25) is 0 Å². The molecule has 1 heterocycles. The van der Waals surface area contributed by atoms with Crippen molar-refractivity contribution in [2.24, 2.45) is 0 Å². The first-order valence-electron chi connectivity index (χ1n) is 9.24. The number of piperazine rings is 1. The number of hydrogen-bond donors (Lipinski definition) is 0. The number of halogens is 1. The Kier molecular flexibility index (Phi) is 5.70. The molecule has 146 valence electrons. The van der Waals surface area contributed by atoms with E-state index in [0.717, 1.165) is 6.54 Å². The van der Waals surface area contributed by atoms with Gasteiger partial charge in [-0.15, -0.1) is 0 Å². The SMILES string of the molecule is CC(C)(C)c1ccc(CN2CCN(S(=O)(=O)c3ccccc3F)CC2)cc1. The minimum absolute atomic E-state index is 0.130. The van der Waals surface area contributed by atoms with E-state index in [1.165, 1.54) is 33.6 Å². The van der Waals surface area contributed by atoms with Gasteiger partial charge < -0.3 is 0 Å². The van der Waals surface area contributed by atoms with Gasteiger partial charge in [0.15, 0.2) is 0 Å². The number of benzene rings is 2. The van der Waals surface area contributed by atoms with Gasteiger partial charge in [0.05, 0.1) is 0 Å². The first-order chi connectivity index (χ1) is 12.7. The molecule has 0 saturated carbocycles. The van der Waals surface area contributed by atoms with Gasteiger partial charge in [-0.2, -0.15) is 4.31 Å². The van der Waals surface area contributed by atoms with Gasteiger partial charge >= 0.3 is 0 Å². The maximum Gasteiger partial charge on any atom is 0.246 e. The Bertz CT molecular complexity index is 881. The van der Waals surface area contributed by atoms with Crippen LogP contribution in [0.3, 0.4) is 0 Å². The summed E-state index contributed by atoms with van der Waals surface area (Å²) >= 11 is 0. The molecule has 2 aromatic carbocycles. The fraction of sp³-hybridized carbons (Fsp3) is 0.429. The first kappa shape index (κ1) is 20.0. The third-order valence-electron chi connectivity index (χ3n) is 5.01. The van der Waals surface area contributed by atoms with E-state index in [1.54, 1.807) is 6.07 Å². The van der Waals surface area contributed by atoms with Crippen LogP contribution in [0.15, 0.2) is 53.4 Å². The first-order valence-corrected chi connectivity index (χ1v) is 10.7. The predicted molar refractivity (Wildman–Crippen MR) is 106 cm³/mol. The van der Waals surface area contributed by atoms with Crippen molar-refractivity contribution in [1.82, 2.24) is 9.21 Å². The Labute approximate surface area is 161 Å². The van der Waals surface area contributed by atoms with Crippen molar-refractivity contribution in [1.29, 1.82) is 0 Å². The minimum Gasteiger partial charge on any atom is -0.296 e. The maximum absolute atomic E-state index is 13.9. The Morgan fingerprint density at radius 1 is 0.926 bits per heavy atom. The molecule has 0 N–H and O–H groups in total. The summed E-state index contributed by atoms with van der Waals surface area (Å²) in [5.74, 6) is -0.695. The van der Waals surface area contributed by atoms with Crippen LogP contribution < -0.4 is 0 Å². The van der Waals surface area contributed by atoms with Crippen molar-refractivity contribution in [3.63, 3.8) is 0 Å². The molecule has 2 aromatic rings. The molecule has 1 fully saturated rings. The average Bonchev–Trinajstić information content (AvgIpc) is 2.62. The van der Waals surface area contributed by atoms with Gasteiger partial charge in [0.25, 0.3) is 0 Å². The van der Waals surface area contributed by atoms with E-state index in [9.17, 15) is 12.8 Å². The van der Waals surface area contributed by atoms with Crippen LogP contribution >= 0.6 is 0 Å². The summed E-state index contributed by atoms with van der Waals surface area (Å²) in [6.07, 6.45) is 0. The lowest BCUT2D eigenvalue weighted by Gasteiger charge is -2.34. The molecule has 27 heavy (non-hydrogen) atoms. The van der Waals surface area contributed by atoms with E-state index in [0.29, 0.717) is 26.2 Å². The zero-order chi connectivity index (χ0) is 19.7. The second-order valence-corrected chi connectivity index (χ2v) is 9.96. The maximum atomic E-state index is 13.9. The summed E-state index contributed by atoms with van der Waals surface area (Å²) in [6.45, 7) is 9.38. The van der Waals surface area contributed by atoms with Crippen LogP contribution in [-0.2, 0) is 22.0 Å². The van der Waals surface area contributed by atoms with E-state index in [1.807, 2.05) is 0 Å². The molecule has 1 aliphatic rings. The van der Waals surface area contributed by atoms with Gasteiger partial charge in [0.1, 0.15) is 10.7 Å². The number of nitrogens with zero attached hydrogens (tertiary/aromatic N) is 2. The Morgan fingerprint density at radius 2 is 1.52 bits per heavy atom. The lowest BCUT2D eigenvalue weighted by atomic mass is 9.87. The molecular formula is C21H27FN2O2S. The van der Waals surface area contributed by atoms with E-state index in [2.05, 4.69) is 49.9 Å². The third kappa shape index (κ3) is 4.57. The van der Waals surface area contributed by atoms with Crippen LogP contribution in [0.5, 0.6) is 0 Å². The van der Waals surface area contributed by atoms with E-state index in [-0.39, 0.29) is 10.3 Å². The normalized spacial score (nSPS) is 17.2. The second-order valence-electron chi connectivity index (χ2n) is 8.06. The lowest BCUT2D eigenvalue weighted by Crippen LogP contribution is -2.48. The summed E-state index contributed by atoms with van der Waals surface area (Å²) in [5, 5.41) is 0. The van der Waals surface area contributed by atoms with E-state index < -0.39 is 15.8 Å². The summed E-state index contributed by atoms with van der Waals surface area (Å²) in [4.78, 5) is 2.00. The van der Waals surface area contributed by atoms with Gasteiger partial charge in [-0.1, -0.05) is 57.2 Å². The molecule has 0 amide bonds.